The summed E-state index contributed by atoms with van der Waals surface area (Å²) in [5, 5.41) is 2.12. The van der Waals surface area contributed by atoms with Crippen molar-refractivity contribution in [1.82, 2.24) is 14.9 Å². The topological polar surface area (TPSA) is 51.9 Å². The summed E-state index contributed by atoms with van der Waals surface area (Å²) in [6, 6.07) is 12.5. The number of hydrogen-bond donors (Lipinski definition) is 2. The molecule has 0 aliphatic heterocycles. The molecule has 0 spiro atoms. The molecule has 0 unspecified atom stereocenters. The first kappa shape index (κ1) is 18.8. The maximum Gasteiger partial charge on any atom is 0.254 e. The van der Waals surface area contributed by atoms with Gasteiger partial charge in [-0.2, -0.15) is 0 Å². The van der Waals surface area contributed by atoms with E-state index >= 15 is 0 Å². The minimum atomic E-state index is -0.0516. The van der Waals surface area contributed by atoms with Gasteiger partial charge in [-0.25, -0.2) is 0 Å². The van der Waals surface area contributed by atoms with Crippen LogP contribution < -0.4 is 0 Å². The van der Waals surface area contributed by atoms with Crippen molar-refractivity contribution in [2.24, 2.45) is 0 Å². The molecule has 146 valence electrons. The number of H-pyrrole nitrogens is 2. The van der Waals surface area contributed by atoms with Gasteiger partial charge < -0.3 is 14.9 Å². The molecule has 29 heavy (non-hydrogen) atoms. The van der Waals surface area contributed by atoms with Gasteiger partial charge in [-0.15, -0.1) is 0 Å². The lowest BCUT2D eigenvalue weighted by atomic mass is 9.92. The quantitative estimate of drug-likeness (QED) is 0.357. The van der Waals surface area contributed by atoms with Crippen molar-refractivity contribution in [1.29, 1.82) is 0 Å². The van der Waals surface area contributed by atoms with Gasteiger partial charge >= 0.3 is 0 Å². The standard InChI is InChI=1S/C25H25N3O/c1-6-17(20-13-26-22-9-7-15(2)11-18(20)22)24(25(29)28(4)5)21-14-27-23-10-8-16(3)12-19(21)23/h6-14,26-27H,1H2,2-5H3/b24-17+. The first-order valence-electron chi connectivity index (χ1n) is 9.65. The molecule has 0 fully saturated rings. The summed E-state index contributed by atoms with van der Waals surface area (Å²) >= 11 is 0. The normalized spacial score (nSPS) is 12.3. The number of benzene rings is 2. The number of fused-ring (bicyclic) bond motifs is 2. The van der Waals surface area contributed by atoms with Crippen LogP contribution in [0.1, 0.15) is 22.3 Å². The van der Waals surface area contributed by atoms with Crippen LogP contribution in [-0.2, 0) is 4.79 Å². The fraction of sp³-hybridized carbons (Fsp3) is 0.160. The summed E-state index contributed by atoms with van der Waals surface area (Å²) in [6.07, 6.45) is 5.67. The zero-order valence-corrected chi connectivity index (χ0v) is 17.3. The third-order valence-electron chi connectivity index (χ3n) is 5.33. The van der Waals surface area contributed by atoms with Crippen molar-refractivity contribution in [3.8, 4) is 0 Å². The molecule has 2 aromatic carbocycles. The van der Waals surface area contributed by atoms with Gasteiger partial charge in [0.15, 0.2) is 0 Å². The lowest BCUT2D eigenvalue weighted by molar-refractivity contribution is -0.122. The van der Waals surface area contributed by atoms with E-state index in [1.54, 1.807) is 25.1 Å². The second-order valence-electron chi connectivity index (χ2n) is 7.70. The number of nitrogens with zero attached hydrogens (tertiary/aromatic N) is 1. The molecule has 0 saturated carbocycles. The van der Waals surface area contributed by atoms with Crippen LogP contribution in [0.4, 0.5) is 0 Å². The Morgan fingerprint density at radius 2 is 1.41 bits per heavy atom. The first-order chi connectivity index (χ1) is 13.9. The van der Waals surface area contributed by atoms with Gasteiger partial charge in [0, 0.05) is 59.4 Å². The van der Waals surface area contributed by atoms with Crippen LogP contribution in [0.5, 0.6) is 0 Å². The Morgan fingerprint density at radius 1 is 0.897 bits per heavy atom. The summed E-state index contributed by atoms with van der Waals surface area (Å²) in [4.78, 5) is 21.6. The van der Waals surface area contributed by atoms with Crippen LogP contribution in [0.25, 0.3) is 33.0 Å². The number of carbonyl (C=O) groups excluding carboxylic acids is 1. The molecule has 0 aliphatic rings. The Morgan fingerprint density at radius 3 is 1.93 bits per heavy atom. The number of carbonyl (C=O) groups is 1. The number of aromatic nitrogens is 2. The van der Waals surface area contributed by atoms with Crippen LogP contribution in [0.2, 0.25) is 0 Å². The molecule has 4 aromatic rings. The van der Waals surface area contributed by atoms with E-state index in [4.69, 9.17) is 0 Å². The molecule has 4 rings (SSSR count). The summed E-state index contributed by atoms with van der Waals surface area (Å²) in [5.74, 6) is -0.0516. The fourth-order valence-electron chi connectivity index (χ4n) is 3.84. The second kappa shape index (κ2) is 7.13. The van der Waals surface area contributed by atoms with Crippen molar-refractivity contribution in [3.05, 3.63) is 83.7 Å². The van der Waals surface area contributed by atoms with E-state index in [2.05, 4.69) is 66.8 Å². The predicted octanol–water partition coefficient (Wildman–Crippen LogP) is 5.45. The predicted molar refractivity (Wildman–Crippen MR) is 122 cm³/mol. The van der Waals surface area contributed by atoms with Crippen molar-refractivity contribution in [3.63, 3.8) is 0 Å². The van der Waals surface area contributed by atoms with Crippen LogP contribution in [0.15, 0.2) is 61.4 Å². The second-order valence-corrected chi connectivity index (χ2v) is 7.70. The molecule has 2 N–H and O–H groups in total. The van der Waals surface area contributed by atoms with Crippen LogP contribution in [-0.4, -0.2) is 34.9 Å². The Bertz CT molecular complexity index is 1280. The molecule has 0 bridgehead atoms. The van der Waals surface area contributed by atoms with Gasteiger partial charge in [0.25, 0.3) is 5.91 Å². The van der Waals surface area contributed by atoms with E-state index in [9.17, 15) is 4.79 Å². The van der Waals surface area contributed by atoms with E-state index < -0.39 is 0 Å². The first-order valence-corrected chi connectivity index (χ1v) is 9.65. The lowest BCUT2D eigenvalue weighted by Crippen LogP contribution is -2.23. The average molecular weight is 383 g/mol. The number of rotatable bonds is 4. The highest BCUT2D eigenvalue weighted by Crippen LogP contribution is 2.36. The van der Waals surface area contributed by atoms with Crippen molar-refractivity contribution in [2.45, 2.75) is 13.8 Å². The average Bonchev–Trinajstić information content (AvgIpc) is 3.29. The zero-order valence-electron chi connectivity index (χ0n) is 17.3. The molecule has 1 amide bonds. The number of likely N-dealkylation sites (N-methyl/N-ethyl adjacent to an activating group) is 1. The monoisotopic (exact) mass is 383 g/mol. The van der Waals surface area contributed by atoms with Gasteiger partial charge in [0.05, 0.1) is 5.57 Å². The highest BCUT2D eigenvalue weighted by Gasteiger charge is 2.23. The van der Waals surface area contributed by atoms with Crippen molar-refractivity contribution in [2.75, 3.05) is 14.1 Å². The number of aromatic amines is 2. The Labute approximate surface area is 170 Å². The number of allylic oxidation sites excluding steroid dienone is 2. The van der Waals surface area contributed by atoms with Gasteiger partial charge in [-0.05, 0) is 43.7 Å². The highest BCUT2D eigenvalue weighted by atomic mass is 16.2. The minimum absolute atomic E-state index is 0.0516. The van der Waals surface area contributed by atoms with Crippen molar-refractivity contribution >= 4 is 38.9 Å². The molecule has 0 saturated heterocycles. The van der Waals surface area contributed by atoms with E-state index in [0.717, 1.165) is 44.1 Å². The molecule has 2 heterocycles. The number of nitrogens with one attached hydrogen (secondary N) is 2. The van der Waals surface area contributed by atoms with Gasteiger partial charge in [0.2, 0.25) is 0 Å². The molecular formula is C25H25N3O. The van der Waals surface area contributed by atoms with E-state index in [1.807, 2.05) is 12.4 Å². The zero-order chi connectivity index (χ0) is 20.7. The Balaban J connectivity index is 2.08. The van der Waals surface area contributed by atoms with E-state index in [0.29, 0.717) is 5.57 Å². The molecule has 0 radical (unpaired) electrons. The third kappa shape index (κ3) is 3.17. The number of aryl methyl sites for hydroxylation is 2. The van der Waals surface area contributed by atoms with Crippen LogP contribution in [0, 0.1) is 13.8 Å². The summed E-state index contributed by atoms with van der Waals surface area (Å²) in [7, 11) is 3.56. The molecule has 2 aromatic heterocycles. The number of amides is 1. The van der Waals surface area contributed by atoms with Crippen LogP contribution >= 0.6 is 0 Å². The molecule has 0 aliphatic carbocycles. The summed E-state index contributed by atoms with van der Waals surface area (Å²) < 4.78 is 0. The van der Waals surface area contributed by atoms with Gasteiger partial charge in [-0.1, -0.05) is 35.9 Å². The molecule has 0 atom stereocenters. The van der Waals surface area contributed by atoms with Gasteiger partial charge in [-0.3, -0.25) is 4.79 Å². The maximum atomic E-state index is 13.4. The molecule has 4 heteroatoms. The molecular weight excluding hydrogens is 358 g/mol. The van der Waals surface area contributed by atoms with E-state index in [1.165, 1.54) is 5.56 Å². The van der Waals surface area contributed by atoms with Crippen LogP contribution in [0.3, 0.4) is 0 Å². The number of hydrogen-bond acceptors (Lipinski definition) is 1. The van der Waals surface area contributed by atoms with Crippen molar-refractivity contribution < 1.29 is 4.79 Å². The Hall–Kier alpha value is -3.53. The smallest absolute Gasteiger partial charge is 0.254 e. The molecule has 4 nitrogen and oxygen atoms in total. The van der Waals surface area contributed by atoms with Gasteiger partial charge in [0.1, 0.15) is 0 Å². The van der Waals surface area contributed by atoms with E-state index in [-0.39, 0.29) is 5.91 Å². The lowest BCUT2D eigenvalue weighted by Gasteiger charge is -2.17. The SMILES string of the molecule is C=C/C(=C(\C(=O)N(C)C)c1c[nH]c2ccc(C)cc12)c1c[nH]c2ccc(C)cc12. The third-order valence-corrected chi connectivity index (χ3v) is 5.33. The highest BCUT2D eigenvalue weighted by molar-refractivity contribution is 6.31. The maximum absolute atomic E-state index is 13.4. The Kier molecular flexibility index (Phi) is 4.63. The largest absolute Gasteiger partial charge is 0.361 e. The summed E-state index contributed by atoms with van der Waals surface area (Å²) in [6.45, 7) is 8.19. The minimum Gasteiger partial charge on any atom is -0.361 e. The fourth-order valence-corrected chi connectivity index (χ4v) is 3.84. The summed E-state index contributed by atoms with van der Waals surface area (Å²) in [5.41, 5.74) is 7.70.